The molecule has 2 saturated heterocycles. The Morgan fingerprint density at radius 2 is 2.16 bits per heavy atom. The molecule has 2 fully saturated rings. The van der Waals surface area contributed by atoms with Gasteiger partial charge in [0.2, 0.25) is 6.10 Å². The standard InChI is InChI=1S/C12H17BrO6/c1-6-10(19-12(2,3)18-6)7-4-8(11(15)17-7)16-9(14)5-13/h6-8,10H,4-5H2,1-3H3/t6-,7-,8+,10-/m1/s1. The van der Waals surface area contributed by atoms with Gasteiger partial charge >= 0.3 is 11.9 Å². The van der Waals surface area contributed by atoms with Gasteiger partial charge in [-0.1, -0.05) is 15.9 Å². The van der Waals surface area contributed by atoms with Crippen molar-refractivity contribution < 1.29 is 28.5 Å². The summed E-state index contributed by atoms with van der Waals surface area (Å²) < 4.78 is 21.6. The van der Waals surface area contributed by atoms with Crippen molar-refractivity contribution in [2.24, 2.45) is 0 Å². The van der Waals surface area contributed by atoms with Crippen LogP contribution in [0.3, 0.4) is 0 Å². The summed E-state index contributed by atoms with van der Waals surface area (Å²) in [5.74, 6) is -1.71. The zero-order valence-electron chi connectivity index (χ0n) is 11.1. The molecule has 2 rings (SSSR count). The minimum absolute atomic E-state index is 0.0495. The Kier molecular flexibility index (Phi) is 4.17. The maximum atomic E-state index is 11.6. The molecule has 4 atom stereocenters. The maximum absolute atomic E-state index is 11.6. The topological polar surface area (TPSA) is 71.1 Å². The largest absolute Gasteiger partial charge is 0.457 e. The highest BCUT2D eigenvalue weighted by Gasteiger charge is 2.49. The molecule has 0 aliphatic carbocycles. The van der Waals surface area contributed by atoms with Gasteiger partial charge in [0.1, 0.15) is 17.5 Å². The first-order valence-electron chi connectivity index (χ1n) is 6.14. The summed E-state index contributed by atoms with van der Waals surface area (Å²) in [6.45, 7) is 5.48. The van der Waals surface area contributed by atoms with Gasteiger partial charge in [-0.3, -0.25) is 4.79 Å². The maximum Gasteiger partial charge on any atom is 0.347 e. The number of rotatable bonds is 3. The Morgan fingerprint density at radius 3 is 2.68 bits per heavy atom. The molecule has 6 nitrogen and oxygen atoms in total. The van der Waals surface area contributed by atoms with Crippen molar-refractivity contribution >= 4 is 27.9 Å². The number of carbonyl (C=O) groups is 2. The molecule has 2 aliphatic rings. The molecule has 0 spiro atoms. The Morgan fingerprint density at radius 1 is 1.47 bits per heavy atom. The van der Waals surface area contributed by atoms with Gasteiger partial charge in [-0.15, -0.1) is 0 Å². The SMILES string of the molecule is C[C@H]1OC(C)(C)O[C@H]1[C@H]1C[C@H](OC(=O)CBr)C(=O)O1. The molecule has 0 aromatic carbocycles. The van der Waals surface area contributed by atoms with Crippen molar-refractivity contribution in [1.82, 2.24) is 0 Å². The lowest BCUT2D eigenvalue weighted by Crippen LogP contribution is -2.34. The van der Waals surface area contributed by atoms with Gasteiger partial charge < -0.3 is 18.9 Å². The first-order chi connectivity index (χ1) is 8.82. The van der Waals surface area contributed by atoms with Crippen LogP contribution in [0.1, 0.15) is 27.2 Å². The minimum atomic E-state index is -0.852. The lowest BCUT2D eigenvalue weighted by atomic mass is 10.1. The normalized spacial score (nSPS) is 37.2. The van der Waals surface area contributed by atoms with E-state index in [1.165, 1.54) is 0 Å². The second-order valence-corrected chi connectivity index (χ2v) is 5.69. The molecule has 0 aromatic rings. The Labute approximate surface area is 119 Å². The molecular weight excluding hydrogens is 320 g/mol. The van der Waals surface area contributed by atoms with Crippen LogP contribution in [0.25, 0.3) is 0 Å². The Bertz CT molecular complexity index is 382. The third-order valence-electron chi connectivity index (χ3n) is 3.08. The van der Waals surface area contributed by atoms with Crippen molar-refractivity contribution in [1.29, 1.82) is 0 Å². The monoisotopic (exact) mass is 336 g/mol. The van der Waals surface area contributed by atoms with Crippen LogP contribution in [0.2, 0.25) is 0 Å². The quantitative estimate of drug-likeness (QED) is 0.568. The second-order valence-electron chi connectivity index (χ2n) is 5.13. The molecule has 0 N–H and O–H groups in total. The van der Waals surface area contributed by atoms with Gasteiger partial charge in [0.15, 0.2) is 5.79 Å². The van der Waals surface area contributed by atoms with Crippen molar-refractivity contribution in [2.75, 3.05) is 5.33 Å². The predicted molar refractivity (Wildman–Crippen MR) is 67.7 cm³/mol. The number of cyclic esters (lactones) is 1. The summed E-state index contributed by atoms with van der Waals surface area (Å²) in [4.78, 5) is 22.8. The molecule has 0 saturated carbocycles. The van der Waals surface area contributed by atoms with Gasteiger partial charge in [-0.25, -0.2) is 4.79 Å². The number of hydrogen-bond acceptors (Lipinski definition) is 6. The van der Waals surface area contributed by atoms with Crippen molar-refractivity contribution in [2.45, 2.75) is 57.4 Å². The lowest BCUT2D eigenvalue weighted by molar-refractivity contribution is -0.166. The molecule has 0 aromatic heterocycles. The smallest absolute Gasteiger partial charge is 0.347 e. The van der Waals surface area contributed by atoms with E-state index in [1.54, 1.807) is 0 Å². The fourth-order valence-electron chi connectivity index (χ4n) is 2.41. The third-order valence-corrected chi connectivity index (χ3v) is 3.54. The van der Waals surface area contributed by atoms with E-state index < -0.39 is 29.9 Å². The van der Waals surface area contributed by atoms with E-state index in [-0.39, 0.29) is 17.5 Å². The van der Waals surface area contributed by atoms with Crippen LogP contribution in [0.15, 0.2) is 0 Å². The van der Waals surface area contributed by atoms with E-state index >= 15 is 0 Å². The van der Waals surface area contributed by atoms with E-state index in [2.05, 4.69) is 15.9 Å². The first kappa shape index (κ1) is 14.7. The number of ether oxygens (including phenoxy) is 4. The number of hydrogen-bond donors (Lipinski definition) is 0. The summed E-state index contributed by atoms with van der Waals surface area (Å²) >= 11 is 2.98. The zero-order chi connectivity index (χ0) is 14.2. The van der Waals surface area contributed by atoms with E-state index in [1.807, 2.05) is 20.8 Å². The molecule has 2 aliphatic heterocycles. The third kappa shape index (κ3) is 3.27. The van der Waals surface area contributed by atoms with Gasteiger partial charge in [0.25, 0.3) is 0 Å². The summed E-state index contributed by atoms with van der Waals surface area (Å²) in [5, 5.41) is 0.0495. The highest BCUT2D eigenvalue weighted by Crippen LogP contribution is 2.34. The molecule has 2 heterocycles. The molecule has 0 radical (unpaired) electrons. The highest BCUT2D eigenvalue weighted by molar-refractivity contribution is 9.09. The number of alkyl halides is 1. The Hall–Kier alpha value is -0.660. The van der Waals surface area contributed by atoms with E-state index in [4.69, 9.17) is 18.9 Å². The molecule has 0 bridgehead atoms. The van der Waals surface area contributed by atoms with Crippen molar-refractivity contribution in [3.05, 3.63) is 0 Å². The minimum Gasteiger partial charge on any atom is -0.457 e. The van der Waals surface area contributed by atoms with Gasteiger partial charge in [0.05, 0.1) is 6.10 Å². The summed E-state index contributed by atoms with van der Waals surface area (Å²) in [7, 11) is 0. The second kappa shape index (κ2) is 5.38. The van der Waals surface area contributed by atoms with Gasteiger partial charge in [0, 0.05) is 6.42 Å². The lowest BCUT2D eigenvalue weighted by Gasteiger charge is -2.20. The molecule has 0 unspecified atom stereocenters. The van der Waals surface area contributed by atoms with Crippen LogP contribution in [0, 0.1) is 0 Å². The predicted octanol–water partition coefficient (Wildman–Crippen LogP) is 1.15. The fourth-order valence-corrected chi connectivity index (χ4v) is 2.54. The first-order valence-corrected chi connectivity index (χ1v) is 7.26. The number of esters is 2. The van der Waals surface area contributed by atoms with Crippen LogP contribution in [0.5, 0.6) is 0 Å². The van der Waals surface area contributed by atoms with E-state index in [0.29, 0.717) is 6.42 Å². The van der Waals surface area contributed by atoms with Crippen LogP contribution in [-0.4, -0.2) is 47.5 Å². The molecule has 108 valence electrons. The molecule has 19 heavy (non-hydrogen) atoms. The van der Waals surface area contributed by atoms with Crippen molar-refractivity contribution in [3.8, 4) is 0 Å². The zero-order valence-corrected chi connectivity index (χ0v) is 12.6. The van der Waals surface area contributed by atoms with Crippen LogP contribution in [-0.2, 0) is 28.5 Å². The van der Waals surface area contributed by atoms with Crippen LogP contribution < -0.4 is 0 Å². The average molecular weight is 337 g/mol. The van der Waals surface area contributed by atoms with E-state index in [0.717, 1.165) is 0 Å². The van der Waals surface area contributed by atoms with E-state index in [9.17, 15) is 9.59 Å². The van der Waals surface area contributed by atoms with Gasteiger partial charge in [-0.05, 0) is 20.8 Å². The average Bonchev–Trinajstić information content (AvgIpc) is 2.79. The van der Waals surface area contributed by atoms with Crippen molar-refractivity contribution in [3.63, 3.8) is 0 Å². The molecular formula is C12H17BrO6. The summed E-state index contributed by atoms with van der Waals surface area (Å²) in [6, 6.07) is 0. The molecule has 7 heteroatoms. The molecule has 0 amide bonds. The number of halogens is 1. The number of carbonyl (C=O) groups excluding carboxylic acids is 2. The van der Waals surface area contributed by atoms with Gasteiger partial charge in [-0.2, -0.15) is 0 Å². The van der Waals surface area contributed by atoms with Crippen LogP contribution >= 0.6 is 15.9 Å². The Balaban J connectivity index is 1.97. The van der Waals surface area contributed by atoms with Crippen LogP contribution in [0.4, 0.5) is 0 Å². The highest BCUT2D eigenvalue weighted by atomic mass is 79.9. The summed E-state index contributed by atoms with van der Waals surface area (Å²) in [6.07, 6.45) is -1.52. The summed E-state index contributed by atoms with van der Waals surface area (Å²) in [5.41, 5.74) is 0. The fraction of sp³-hybridized carbons (Fsp3) is 0.833.